The van der Waals surface area contributed by atoms with Crippen LogP contribution in [-0.4, -0.2) is 40.1 Å². The number of unbranched alkanes of at least 4 members (excludes halogenated alkanes) is 1. The lowest BCUT2D eigenvalue weighted by atomic mass is 9.90. The number of carboxylic acids is 1. The molecular weight excluding hydrogens is 413 g/mol. The van der Waals surface area contributed by atoms with Crippen molar-refractivity contribution in [3.05, 3.63) is 54.1 Å². The van der Waals surface area contributed by atoms with Crippen LogP contribution in [0.1, 0.15) is 44.1 Å². The molecule has 1 fully saturated rings. The minimum Gasteiger partial charge on any atom is -0.491 e. The molecule has 0 aliphatic heterocycles. The maximum Gasteiger partial charge on any atom is 0.416 e. The Kier molecular flexibility index (Phi) is 9.58. The molecule has 5 nitrogen and oxygen atoms in total. The highest BCUT2D eigenvalue weighted by Crippen LogP contribution is 2.36. The number of hydrogen-bond acceptors (Lipinski definition) is 4. The minimum atomic E-state index is -4.46. The molecule has 1 aromatic rings. The number of allylic oxidation sites excluding steroid dienone is 3. The number of hydrogen-bond donors (Lipinski definition) is 3. The van der Waals surface area contributed by atoms with Gasteiger partial charge in [0.05, 0.1) is 11.7 Å². The van der Waals surface area contributed by atoms with Crippen LogP contribution in [0.25, 0.3) is 0 Å². The molecule has 1 aliphatic carbocycles. The van der Waals surface area contributed by atoms with E-state index in [9.17, 15) is 28.2 Å². The van der Waals surface area contributed by atoms with Gasteiger partial charge in [0, 0.05) is 6.42 Å². The molecular formula is C23H29F3O5. The molecule has 8 heteroatoms. The van der Waals surface area contributed by atoms with Crippen molar-refractivity contribution in [2.45, 2.75) is 56.9 Å². The summed E-state index contributed by atoms with van der Waals surface area (Å²) in [6.45, 7) is -0.179. The van der Waals surface area contributed by atoms with Gasteiger partial charge in [-0.2, -0.15) is 13.2 Å². The van der Waals surface area contributed by atoms with E-state index in [1.807, 2.05) is 18.2 Å². The van der Waals surface area contributed by atoms with Crippen molar-refractivity contribution in [1.82, 2.24) is 0 Å². The fraction of sp³-hybridized carbons (Fsp3) is 0.522. The number of carboxylic acid groups (broad SMARTS) is 1. The number of aliphatic hydroxyl groups excluding tert-OH is 2. The summed E-state index contributed by atoms with van der Waals surface area (Å²) in [4.78, 5) is 10.5. The second-order valence-corrected chi connectivity index (χ2v) is 7.75. The highest BCUT2D eigenvalue weighted by Gasteiger charge is 2.32. The van der Waals surface area contributed by atoms with Gasteiger partial charge in [0.2, 0.25) is 0 Å². The van der Waals surface area contributed by atoms with E-state index in [0.717, 1.165) is 18.6 Å². The van der Waals surface area contributed by atoms with Gasteiger partial charge in [0.25, 0.3) is 0 Å². The maximum atomic E-state index is 12.7. The number of alkyl halides is 3. The monoisotopic (exact) mass is 442 g/mol. The Labute approximate surface area is 179 Å². The molecule has 0 bridgehead atoms. The third-order valence-corrected chi connectivity index (χ3v) is 5.34. The summed E-state index contributed by atoms with van der Waals surface area (Å²) in [6.07, 6.45) is 4.82. The van der Waals surface area contributed by atoms with Gasteiger partial charge in [0.15, 0.2) is 0 Å². The van der Waals surface area contributed by atoms with Crippen LogP contribution in [-0.2, 0) is 11.0 Å². The second-order valence-electron chi connectivity index (χ2n) is 7.75. The topological polar surface area (TPSA) is 87.0 Å². The van der Waals surface area contributed by atoms with E-state index >= 15 is 0 Å². The van der Waals surface area contributed by atoms with Crippen LogP contribution in [0.3, 0.4) is 0 Å². The molecule has 0 aromatic heterocycles. The number of benzene rings is 1. The summed E-state index contributed by atoms with van der Waals surface area (Å²) in [5.74, 6) is -0.713. The number of aliphatic carboxylic acids is 1. The van der Waals surface area contributed by atoms with E-state index < -0.39 is 29.9 Å². The van der Waals surface area contributed by atoms with Crippen molar-refractivity contribution in [3.63, 3.8) is 0 Å². The van der Waals surface area contributed by atoms with Crippen LogP contribution >= 0.6 is 0 Å². The fourth-order valence-electron chi connectivity index (χ4n) is 3.66. The van der Waals surface area contributed by atoms with Gasteiger partial charge in [-0.3, -0.25) is 4.79 Å². The predicted molar refractivity (Wildman–Crippen MR) is 110 cm³/mol. The molecule has 1 unspecified atom stereocenters. The zero-order chi connectivity index (χ0) is 22.9. The van der Waals surface area contributed by atoms with Gasteiger partial charge in [-0.15, -0.1) is 0 Å². The standard InChI is InChI=1S/C23H29F3O5/c24-23(25,26)17-6-5-7-19(14-17)31-15-18(27)12-10-16-11-13-21(28)20(16)8-3-1-2-4-9-22(29)30/h1,3,5-7,10,12,14,16,18,20-21,27-28H,2,4,8-9,11,13,15H2,(H,29,30)/b3-1-,12-10+/t16?,18-,20-,21+/m1/s1. The first-order valence-electron chi connectivity index (χ1n) is 10.4. The Morgan fingerprint density at radius 3 is 2.74 bits per heavy atom. The van der Waals surface area contributed by atoms with Gasteiger partial charge in [-0.1, -0.05) is 30.4 Å². The number of aliphatic hydroxyl groups is 2. The van der Waals surface area contributed by atoms with Gasteiger partial charge >= 0.3 is 12.1 Å². The molecule has 3 N–H and O–H groups in total. The summed E-state index contributed by atoms with van der Waals surface area (Å²) in [7, 11) is 0. The summed E-state index contributed by atoms with van der Waals surface area (Å²) in [6, 6.07) is 4.50. The quantitative estimate of drug-likeness (QED) is 0.345. The predicted octanol–water partition coefficient (Wildman–Crippen LogP) is 4.59. The van der Waals surface area contributed by atoms with Crippen LogP contribution in [0.4, 0.5) is 13.2 Å². The molecule has 2 rings (SSSR count). The van der Waals surface area contributed by atoms with Crippen molar-refractivity contribution in [1.29, 1.82) is 0 Å². The van der Waals surface area contributed by atoms with Crippen LogP contribution < -0.4 is 4.74 Å². The third kappa shape index (κ3) is 8.75. The maximum absolute atomic E-state index is 12.7. The van der Waals surface area contributed by atoms with E-state index in [2.05, 4.69) is 0 Å². The Balaban J connectivity index is 1.81. The average Bonchev–Trinajstić information content (AvgIpc) is 3.06. The lowest BCUT2D eigenvalue weighted by Gasteiger charge is -2.18. The van der Waals surface area contributed by atoms with Gasteiger partial charge in [0.1, 0.15) is 18.5 Å². The molecule has 0 saturated heterocycles. The Hall–Kier alpha value is -2.32. The van der Waals surface area contributed by atoms with Crippen LogP contribution in [0.5, 0.6) is 5.75 Å². The van der Waals surface area contributed by atoms with Crippen molar-refractivity contribution in [3.8, 4) is 5.75 Å². The molecule has 0 spiro atoms. The van der Waals surface area contributed by atoms with E-state index in [4.69, 9.17) is 9.84 Å². The van der Waals surface area contributed by atoms with E-state index in [0.29, 0.717) is 25.7 Å². The highest BCUT2D eigenvalue weighted by molar-refractivity contribution is 5.66. The van der Waals surface area contributed by atoms with Crippen molar-refractivity contribution in [2.24, 2.45) is 11.8 Å². The molecule has 1 saturated carbocycles. The van der Waals surface area contributed by atoms with Gasteiger partial charge in [-0.05, 0) is 62.1 Å². The largest absolute Gasteiger partial charge is 0.491 e. The average molecular weight is 442 g/mol. The molecule has 1 aromatic carbocycles. The number of halogens is 3. The first kappa shape index (κ1) is 24.9. The summed E-state index contributed by atoms with van der Waals surface area (Å²) < 4.78 is 43.5. The number of ether oxygens (including phenoxy) is 1. The summed E-state index contributed by atoms with van der Waals surface area (Å²) in [5.41, 5.74) is -0.811. The lowest BCUT2D eigenvalue weighted by molar-refractivity contribution is -0.138. The highest BCUT2D eigenvalue weighted by atomic mass is 19.4. The summed E-state index contributed by atoms with van der Waals surface area (Å²) >= 11 is 0. The van der Waals surface area contributed by atoms with Crippen LogP contribution in [0.15, 0.2) is 48.6 Å². The third-order valence-electron chi connectivity index (χ3n) is 5.34. The molecule has 0 heterocycles. The van der Waals surface area contributed by atoms with Crippen LogP contribution in [0, 0.1) is 11.8 Å². The second kappa shape index (κ2) is 11.9. The molecule has 0 amide bonds. The van der Waals surface area contributed by atoms with Crippen molar-refractivity contribution < 1.29 is 38.0 Å². The normalized spacial score (nSPS) is 22.9. The zero-order valence-electron chi connectivity index (χ0n) is 17.2. The SMILES string of the molecule is O=C(O)CCC/C=C\C[C@@H]1C(/C=C/[C@@H](O)COc2cccc(C(F)(F)F)c2)CC[C@@H]1O. The smallest absolute Gasteiger partial charge is 0.416 e. The van der Waals surface area contributed by atoms with Crippen molar-refractivity contribution in [2.75, 3.05) is 6.61 Å². The zero-order valence-corrected chi connectivity index (χ0v) is 17.2. The van der Waals surface area contributed by atoms with E-state index in [1.165, 1.54) is 12.1 Å². The van der Waals surface area contributed by atoms with Gasteiger partial charge in [-0.25, -0.2) is 0 Å². The molecule has 0 radical (unpaired) electrons. The molecule has 1 aliphatic rings. The number of carbonyl (C=O) groups is 1. The first-order chi connectivity index (χ1) is 14.7. The van der Waals surface area contributed by atoms with E-state index in [1.54, 1.807) is 6.08 Å². The molecule has 4 atom stereocenters. The number of rotatable bonds is 11. The first-order valence-corrected chi connectivity index (χ1v) is 10.4. The Morgan fingerprint density at radius 2 is 2.03 bits per heavy atom. The summed E-state index contributed by atoms with van der Waals surface area (Å²) in [5, 5.41) is 29.0. The van der Waals surface area contributed by atoms with Crippen LogP contribution in [0.2, 0.25) is 0 Å². The van der Waals surface area contributed by atoms with Crippen molar-refractivity contribution >= 4 is 5.97 Å². The Morgan fingerprint density at radius 1 is 1.26 bits per heavy atom. The fourth-order valence-corrected chi connectivity index (χ4v) is 3.66. The van der Waals surface area contributed by atoms with E-state index in [-0.39, 0.29) is 30.6 Å². The lowest BCUT2D eigenvalue weighted by Crippen LogP contribution is -2.19. The molecule has 31 heavy (non-hydrogen) atoms. The minimum absolute atomic E-state index is 0.00330. The Bertz CT molecular complexity index is 760. The van der Waals surface area contributed by atoms with Gasteiger partial charge < -0.3 is 20.1 Å². The molecule has 172 valence electrons.